The molecule has 2 unspecified atom stereocenters. The van der Waals surface area contributed by atoms with E-state index in [1.807, 2.05) is 0 Å². The summed E-state index contributed by atoms with van der Waals surface area (Å²) in [6, 6.07) is 5.70. The van der Waals surface area contributed by atoms with Gasteiger partial charge in [0.25, 0.3) is 0 Å². The number of primary amides is 2. The van der Waals surface area contributed by atoms with Gasteiger partial charge in [-0.1, -0.05) is 0 Å². The molecule has 1 aromatic rings. The summed E-state index contributed by atoms with van der Waals surface area (Å²) in [6.07, 6.45) is 3.49. The number of carbonyl (C=O) groups excluding carboxylic acids is 2. The van der Waals surface area contributed by atoms with Crippen molar-refractivity contribution in [3.8, 4) is 0 Å². The first-order valence-electron chi connectivity index (χ1n) is 7.30. The van der Waals surface area contributed by atoms with E-state index >= 15 is 0 Å². The summed E-state index contributed by atoms with van der Waals surface area (Å²) in [7, 11) is 0. The highest BCUT2D eigenvalue weighted by Gasteiger charge is 2.37. The summed E-state index contributed by atoms with van der Waals surface area (Å²) in [5.41, 5.74) is 12.0. The number of nitrogens with two attached hydrogens (primary N) is 2. The molecule has 5 N–H and O–H groups in total. The Morgan fingerprint density at radius 2 is 1.71 bits per heavy atom. The molecule has 112 valence electrons. The van der Waals surface area contributed by atoms with E-state index in [1.54, 1.807) is 12.1 Å². The maximum absolute atomic E-state index is 11.4. The topological polar surface area (TPSA) is 101 Å². The van der Waals surface area contributed by atoms with Crippen molar-refractivity contribution in [3.05, 3.63) is 29.3 Å². The van der Waals surface area contributed by atoms with E-state index in [1.165, 1.54) is 18.9 Å². The van der Waals surface area contributed by atoms with Crippen LogP contribution in [0.25, 0.3) is 0 Å². The number of benzene rings is 1. The normalized spacial score (nSPS) is 24.8. The third kappa shape index (κ3) is 2.71. The van der Waals surface area contributed by atoms with Crippen LogP contribution in [0.3, 0.4) is 0 Å². The average molecular weight is 288 g/mol. The summed E-state index contributed by atoms with van der Waals surface area (Å²) in [5.74, 6) is -1.12. The van der Waals surface area contributed by atoms with Crippen LogP contribution in [-0.2, 0) is 0 Å². The van der Waals surface area contributed by atoms with Crippen LogP contribution >= 0.6 is 0 Å². The number of fused-ring (bicyclic) bond motifs is 1. The van der Waals surface area contributed by atoms with Gasteiger partial charge in [-0.05, 0) is 44.0 Å². The Hall–Kier alpha value is -2.08. The van der Waals surface area contributed by atoms with Crippen LogP contribution in [0.1, 0.15) is 40.0 Å². The monoisotopic (exact) mass is 288 g/mol. The van der Waals surface area contributed by atoms with E-state index in [2.05, 4.69) is 10.2 Å². The van der Waals surface area contributed by atoms with Gasteiger partial charge >= 0.3 is 0 Å². The molecule has 0 aliphatic carbocycles. The summed E-state index contributed by atoms with van der Waals surface area (Å²) < 4.78 is 0. The highest BCUT2D eigenvalue weighted by molar-refractivity contribution is 5.99. The molecule has 2 fully saturated rings. The highest BCUT2D eigenvalue weighted by atomic mass is 16.1. The van der Waals surface area contributed by atoms with Crippen molar-refractivity contribution in [1.29, 1.82) is 0 Å². The molecule has 2 heterocycles. The van der Waals surface area contributed by atoms with Gasteiger partial charge in [-0.3, -0.25) is 14.5 Å². The quantitative estimate of drug-likeness (QED) is 0.752. The zero-order chi connectivity index (χ0) is 15.0. The third-order valence-electron chi connectivity index (χ3n) is 4.46. The standard InChI is InChI=1S/C15H20N4O2/c16-14(20)9-6-10(15(17)21)8-11(7-9)18-12-3-5-19-4-1-2-13(12)19/h6-8,12-13,18H,1-5H2,(H2,16,20)(H2,17,21). The number of nitrogens with zero attached hydrogens (tertiary/aromatic N) is 1. The molecule has 2 amide bonds. The minimum Gasteiger partial charge on any atom is -0.381 e. The van der Waals surface area contributed by atoms with Crippen LogP contribution in [0, 0.1) is 0 Å². The van der Waals surface area contributed by atoms with E-state index in [0.717, 1.165) is 25.2 Å². The Morgan fingerprint density at radius 1 is 1.05 bits per heavy atom. The molecule has 0 bridgehead atoms. The van der Waals surface area contributed by atoms with Gasteiger partial charge in [0.1, 0.15) is 0 Å². The van der Waals surface area contributed by atoms with Crippen LogP contribution in [0.2, 0.25) is 0 Å². The molecule has 6 nitrogen and oxygen atoms in total. The predicted molar refractivity (Wildman–Crippen MR) is 80.1 cm³/mol. The second kappa shape index (κ2) is 5.37. The van der Waals surface area contributed by atoms with Gasteiger partial charge in [-0.2, -0.15) is 0 Å². The van der Waals surface area contributed by atoms with E-state index in [4.69, 9.17) is 11.5 Å². The number of anilines is 1. The molecular weight excluding hydrogens is 268 g/mol. The van der Waals surface area contributed by atoms with E-state index in [0.29, 0.717) is 23.2 Å². The fourth-order valence-electron chi connectivity index (χ4n) is 3.46. The summed E-state index contributed by atoms with van der Waals surface area (Å²) >= 11 is 0. The fourth-order valence-corrected chi connectivity index (χ4v) is 3.46. The molecular formula is C15H20N4O2. The van der Waals surface area contributed by atoms with Crippen molar-refractivity contribution in [2.75, 3.05) is 18.4 Å². The van der Waals surface area contributed by atoms with Crippen molar-refractivity contribution < 1.29 is 9.59 Å². The van der Waals surface area contributed by atoms with Gasteiger partial charge < -0.3 is 16.8 Å². The lowest BCUT2D eigenvalue weighted by molar-refractivity contribution is 0.0999. The maximum atomic E-state index is 11.4. The van der Waals surface area contributed by atoms with Crippen LogP contribution in [0.5, 0.6) is 0 Å². The van der Waals surface area contributed by atoms with Crippen molar-refractivity contribution in [1.82, 2.24) is 4.90 Å². The minimum atomic E-state index is -0.560. The second-order valence-electron chi connectivity index (χ2n) is 5.81. The second-order valence-corrected chi connectivity index (χ2v) is 5.81. The highest BCUT2D eigenvalue weighted by Crippen LogP contribution is 2.30. The van der Waals surface area contributed by atoms with Crippen LogP contribution in [0.15, 0.2) is 18.2 Å². The molecule has 0 aromatic heterocycles. The molecule has 2 saturated heterocycles. The number of rotatable bonds is 4. The number of hydrogen-bond donors (Lipinski definition) is 3. The van der Waals surface area contributed by atoms with Gasteiger partial charge in [-0.25, -0.2) is 0 Å². The average Bonchev–Trinajstić information content (AvgIpc) is 3.03. The summed E-state index contributed by atoms with van der Waals surface area (Å²) in [5, 5.41) is 3.45. The largest absolute Gasteiger partial charge is 0.381 e. The van der Waals surface area contributed by atoms with Gasteiger partial charge in [0.05, 0.1) is 0 Å². The zero-order valence-electron chi connectivity index (χ0n) is 11.8. The molecule has 21 heavy (non-hydrogen) atoms. The van der Waals surface area contributed by atoms with Crippen molar-refractivity contribution >= 4 is 17.5 Å². The number of hydrogen-bond acceptors (Lipinski definition) is 4. The number of amides is 2. The lowest BCUT2D eigenvalue weighted by Gasteiger charge is -2.22. The Balaban J connectivity index is 1.84. The van der Waals surface area contributed by atoms with Crippen molar-refractivity contribution in [2.45, 2.75) is 31.3 Å². The summed E-state index contributed by atoms with van der Waals surface area (Å²) in [4.78, 5) is 25.3. The van der Waals surface area contributed by atoms with E-state index < -0.39 is 11.8 Å². The SMILES string of the molecule is NC(=O)c1cc(NC2CCN3CCCC23)cc(C(N)=O)c1. The first-order valence-corrected chi connectivity index (χ1v) is 7.30. The molecule has 6 heteroatoms. The van der Waals surface area contributed by atoms with E-state index in [-0.39, 0.29) is 0 Å². The lowest BCUT2D eigenvalue weighted by atomic mass is 10.0. The molecule has 3 rings (SSSR count). The van der Waals surface area contributed by atoms with Gasteiger partial charge in [-0.15, -0.1) is 0 Å². The Bertz CT molecular complexity index is 555. The van der Waals surface area contributed by atoms with Crippen molar-refractivity contribution in [2.24, 2.45) is 11.5 Å². The Kier molecular flexibility index (Phi) is 3.55. The van der Waals surface area contributed by atoms with Crippen LogP contribution in [-0.4, -0.2) is 41.9 Å². The molecule has 2 atom stereocenters. The molecule has 2 aliphatic rings. The van der Waals surface area contributed by atoms with Gasteiger partial charge in [0.15, 0.2) is 0 Å². The Morgan fingerprint density at radius 3 is 2.33 bits per heavy atom. The first kappa shape index (κ1) is 13.9. The molecule has 0 radical (unpaired) electrons. The smallest absolute Gasteiger partial charge is 0.248 e. The lowest BCUT2D eigenvalue weighted by Crippen LogP contribution is -2.33. The van der Waals surface area contributed by atoms with Crippen LogP contribution in [0.4, 0.5) is 5.69 Å². The number of nitrogens with one attached hydrogen (secondary N) is 1. The molecule has 0 saturated carbocycles. The maximum Gasteiger partial charge on any atom is 0.248 e. The number of carbonyl (C=O) groups is 2. The van der Waals surface area contributed by atoms with Gasteiger partial charge in [0, 0.05) is 35.4 Å². The summed E-state index contributed by atoms with van der Waals surface area (Å²) in [6.45, 7) is 2.26. The fraction of sp³-hybridized carbons (Fsp3) is 0.467. The van der Waals surface area contributed by atoms with Gasteiger partial charge in [0.2, 0.25) is 11.8 Å². The zero-order valence-corrected chi connectivity index (χ0v) is 11.8. The first-order chi connectivity index (χ1) is 10.0. The van der Waals surface area contributed by atoms with E-state index in [9.17, 15) is 9.59 Å². The molecule has 1 aromatic carbocycles. The molecule has 2 aliphatic heterocycles. The minimum absolute atomic E-state index is 0.301. The van der Waals surface area contributed by atoms with Crippen LogP contribution < -0.4 is 16.8 Å². The van der Waals surface area contributed by atoms with Crippen molar-refractivity contribution in [3.63, 3.8) is 0 Å². The predicted octanol–water partition coefficient (Wildman–Crippen LogP) is 0.533. The Labute approximate surface area is 123 Å². The molecule has 0 spiro atoms. The third-order valence-corrected chi connectivity index (χ3v) is 4.46.